The molecule has 0 bridgehead atoms. The van der Waals surface area contributed by atoms with E-state index in [1.807, 2.05) is 30.3 Å². The predicted molar refractivity (Wildman–Crippen MR) is 135 cm³/mol. The zero-order valence-electron chi connectivity index (χ0n) is 20.5. The van der Waals surface area contributed by atoms with E-state index in [9.17, 15) is 9.90 Å². The molecule has 1 aliphatic carbocycles. The number of esters is 1. The van der Waals surface area contributed by atoms with Crippen molar-refractivity contribution >= 4 is 17.0 Å². The second-order valence-corrected chi connectivity index (χ2v) is 9.79. The van der Waals surface area contributed by atoms with Crippen molar-refractivity contribution in [2.45, 2.75) is 40.2 Å². The number of para-hydroxylation sites is 1. The summed E-state index contributed by atoms with van der Waals surface area (Å²) in [5.74, 6) is 2.99. The minimum Gasteiger partial charge on any atom is -0.508 e. The average Bonchev–Trinajstić information content (AvgIpc) is 3.22. The zero-order chi connectivity index (χ0) is 24.2. The number of nitrogens with zero attached hydrogens (tertiary/aromatic N) is 1. The summed E-state index contributed by atoms with van der Waals surface area (Å²) in [5, 5.41) is 13.6. The van der Waals surface area contributed by atoms with Crippen LogP contribution < -0.4 is 5.32 Å². The highest BCUT2D eigenvalue weighted by molar-refractivity contribution is 5.93. The number of hydrogen-bond donors (Lipinski definition) is 3. The van der Waals surface area contributed by atoms with E-state index in [-0.39, 0.29) is 5.97 Å². The number of hydrogen-bond acceptors (Lipinski definition) is 5. The minimum absolute atomic E-state index is 0.342. The van der Waals surface area contributed by atoms with Crippen LogP contribution in [0.5, 0.6) is 5.75 Å². The predicted octanol–water partition coefficient (Wildman–Crippen LogP) is 5.24. The molecule has 0 radical (unpaired) electrons. The number of fused-ring (bicyclic) bond motifs is 1. The van der Waals surface area contributed by atoms with Gasteiger partial charge in [0, 0.05) is 25.1 Å². The lowest BCUT2D eigenvalue weighted by Crippen LogP contribution is -2.34. The van der Waals surface area contributed by atoms with Gasteiger partial charge < -0.3 is 20.1 Å². The number of phenolic OH excluding ortho intramolecular Hbond substituents is 1. The molecule has 4 rings (SSSR count). The summed E-state index contributed by atoms with van der Waals surface area (Å²) in [5.41, 5.74) is 4.59. The Bertz CT molecular complexity index is 1180. The molecule has 1 aliphatic rings. The molecule has 2 aromatic carbocycles. The third-order valence-corrected chi connectivity index (χ3v) is 7.16. The van der Waals surface area contributed by atoms with E-state index in [2.05, 4.69) is 37.1 Å². The van der Waals surface area contributed by atoms with Gasteiger partial charge in [-0.3, -0.25) is 0 Å². The van der Waals surface area contributed by atoms with Crippen LogP contribution in [0.2, 0.25) is 0 Å². The Morgan fingerprint density at radius 1 is 1.26 bits per heavy atom. The van der Waals surface area contributed by atoms with Crippen molar-refractivity contribution < 1.29 is 14.6 Å². The molecule has 1 aromatic heterocycles. The summed E-state index contributed by atoms with van der Waals surface area (Å²) in [6.07, 6.45) is 4.41. The summed E-state index contributed by atoms with van der Waals surface area (Å²) in [4.78, 5) is 20.0. The number of imidazole rings is 1. The number of aromatic hydroxyl groups is 1. The summed E-state index contributed by atoms with van der Waals surface area (Å²) in [6, 6.07) is 12.9. The highest BCUT2D eigenvalue weighted by atomic mass is 16.5. The third-order valence-electron chi connectivity index (χ3n) is 7.16. The quantitative estimate of drug-likeness (QED) is 0.315. The number of benzene rings is 2. The van der Waals surface area contributed by atoms with Gasteiger partial charge in [-0.1, -0.05) is 43.7 Å². The van der Waals surface area contributed by atoms with Crippen LogP contribution in [0.4, 0.5) is 0 Å². The molecular formula is C28H35N3O3. The van der Waals surface area contributed by atoms with E-state index in [0.717, 1.165) is 41.8 Å². The molecule has 34 heavy (non-hydrogen) atoms. The van der Waals surface area contributed by atoms with Crippen molar-refractivity contribution in [2.24, 2.45) is 23.7 Å². The van der Waals surface area contributed by atoms with Crippen molar-refractivity contribution in [3.05, 3.63) is 71.1 Å². The molecule has 0 amide bonds. The van der Waals surface area contributed by atoms with Crippen LogP contribution in [0.15, 0.2) is 54.1 Å². The maximum Gasteiger partial charge on any atom is 0.337 e. The van der Waals surface area contributed by atoms with Crippen LogP contribution in [0, 0.1) is 23.7 Å². The first-order valence-electron chi connectivity index (χ1n) is 12.1. The molecule has 0 aliphatic heterocycles. The Labute approximate surface area is 201 Å². The Balaban J connectivity index is 1.45. The van der Waals surface area contributed by atoms with Crippen molar-refractivity contribution in [3.8, 4) is 5.75 Å². The normalized spacial score (nSPS) is 20.5. The fraction of sp³-hybridized carbons (Fsp3) is 0.429. The van der Waals surface area contributed by atoms with Gasteiger partial charge in [-0.25, -0.2) is 9.78 Å². The lowest BCUT2D eigenvalue weighted by molar-refractivity contribution is 0.0601. The van der Waals surface area contributed by atoms with Crippen molar-refractivity contribution in [1.29, 1.82) is 0 Å². The summed E-state index contributed by atoms with van der Waals surface area (Å²) >= 11 is 0. The van der Waals surface area contributed by atoms with Crippen LogP contribution in [0.1, 0.15) is 48.9 Å². The summed E-state index contributed by atoms with van der Waals surface area (Å²) in [7, 11) is 1.39. The van der Waals surface area contributed by atoms with E-state index in [1.54, 1.807) is 12.1 Å². The number of carbonyl (C=O) groups is 1. The van der Waals surface area contributed by atoms with Crippen molar-refractivity contribution in [3.63, 3.8) is 0 Å². The van der Waals surface area contributed by atoms with Gasteiger partial charge in [0.15, 0.2) is 0 Å². The average molecular weight is 462 g/mol. The van der Waals surface area contributed by atoms with Gasteiger partial charge in [-0.2, -0.15) is 0 Å². The number of allylic oxidation sites excluding steroid dienone is 1. The maximum absolute atomic E-state index is 11.8. The zero-order valence-corrected chi connectivity index (χ0v) is 20.5. The third kappa shape index (κ3) is 5.33. The molecule has 180 valence electrons. The second kappa shape index (κ2) is 10.4. The van der Waals surface area contributed by atoms with Gasteiger partial charge in [0.2, 0.25) is 0 Å². The molecule has 3 atom stereocenters. The number of phenols is 1. The standard InChI is InChI=1S/C28H35N3O3/c1-17(2)23-12-21(14-27-30-24-10-9-19(28(33)34-4)13-25(24)31-27)18(3)11-22(23)16-29-15-20-7-5-6-8-26(20)32/h5-11,13,17,21-23,29,32H,12,14-16H2,1-4H3,(H,30,31). The molecular weight excluding hydrogens is 426 g/mol. The number of H-pyrrole nitrogens is 1. The Hall–Kier alpha value is -3.12. The van der Waals surface area contributed by atoms with Crippen LogP contribution >= 0.6 is 0 Å². The van der Waals surface area contributed by atoms with E-state index in [0.29, 0.717) is 41.5 Å². The maximum atomic E-state index is 11.8. The van der Waals surface area contributed by atoms with Crippen molar-refractivity contribution in [1.82, 2.24) is 15.3 Å². The van der Waals surface area contributed by atoms with Gasteiger partial charge in [0.25, 0.3) is 0 Å². The molecule has 0 saturated heterocycles. The largest absolute Gasteiger partial charge is 0.508 e. The Morgan fingerprint density at radius 3 is 2.79 bits per heavy atom. The molecule has 1 heterocycles. The molecule has 0 saturated carbocycles. The molecule has 3 aromatic rings. The first-order valence-corrected chi connectivity index (χ1v) is 12.1. The van der Waals surface area contributed by atoms with Crippen LogP contribution in [-0.4, -0.2) is 34.7 Å². The van der Waals surface area contributed by atoms with E-state index >= 15 is 0 Å². The molecule has 6 heteroatoms. The highest BCUT2D eigenvalue weighted by Gasteiger charge is 2.32. The second-order valence-electron chi connectivity index (χ2n) is 9.79. The van der Waals surface area contributed by atoms with Crippen LogP contribution in [0.25, 0.3) is 11.0 Å². The van der Waals surface area contributed by atoms with Gasteiger partial charge in [0.1, 0.15) is 11.6 Å². The van der Waals surface area contributed by atoms with Gasteiger partial charge in [0.05, 0.1) is 23.7 Å². The molecule has 0 spiro atoms. The van der Waals surface area contributed by atoms with Crippen LogP contribution in [-0.2, 0) is 17.7 Å². The summed E-state index contributed by atoms with van der Waals surface area (Å²) < 4.78 is 4.83. The smallest absolute Gasteiger partial charge is 0.337 e. The van der Waals surface area contributed by atoms with Crippen molar-refractivity contribution in [2.75, 3.05) is 13.7 Å². The van der Waals surface area contributed by atoms with Gasteiger partial charge in [-0.05, 0) is 61.3 Å². The Kier molecular flexibility index (Phi) is 7.37. The lowest BCUT2D eigenvalue weighted by atomic mass is 9.70. The number of methoxy groups -OCH3 is 1. The monoisotopic (exact) mass is 461 g/mol. The number of nitrogens with one attached hydrogen (secondary N) is 2. The topological polar surface area (TPSA) is 87.2 Å². The van der Waals surface area contributed by atoms with Gasteiger partial charge >= 0.3 is 5.97 Å². The SMILES string of the molecule is COC(=O)c1ccc2nc(CC3CC(C(C)C)C(CNCc4ccccc4O)C=C3C)[nH]c2c1. The van der Waals surface area contributed by atoms with E-state index in [1.165, 1.54) is 12.7 Å². The first kappa shape index (κ1) is 24.0. The van der Waals surface area contributed by atoms with Crippen LogP contribution in [0.3, 0.4) is 0 Å². The first-order chi connectivity index (χ1) is 16.4. The molecule has 0 fully saturated rings. The van der Waals surface area contributed by atoms with Gasteiger partial charge in [-0.15, -0.1) is 0 Å². The number of ether oxygens (including phenoxy) is 1. The molecule has 3 unspecified atom stereocenters. The number of carbonyl (C=O) groups excluding carboxylic acids is 1. The molecule has 6 nitrogen and oxygen atoms in total. The van der Waals surface area contributed by atoms with E-state index < -0.39 is 0 Å². The Morgan fingerprint density at radius 2 is 2.06 bits per heavy atom. The number of rotatable bonds is 8. The van der Waals surface area contributed by atoms with E-state index in [4.69, 9.17) is 9.72 Å². The summed E-state index contributed by atoms with van der Waals surface area (Å²) in [6.45, 7) is 8.40. The fourth-order valence-electron chi connectivity index (χ4n) is 5.18. The number of aromatic amines is 1. The minimum atomic E-state index is -0.342. The fourth-order valence-corrected chi connectivity index (χ4v) is 5.18. The molecule has 3 N–H and O–H groups in total. The highest BCUT2D eigenvalue weighted by Crippen LogP contribution is 2.38. The lowest BCUT2D eigenvalue weighted by Gasteiger charge is -2.37. The number of aromatic nitrogens is 2.